The maximum Gasteiger partial charge on any atom is 0.301 e. The lowest BCUT2D eigenvalue weighted by Crippen LogP contribution is -2.31. The molecular weight excluding hydrogens is 242 g/mol. The number of amides is 1. The molecule has 1 aromatic rings. The van der Waals surface area contributed by atoms with Gasteiger partial charge in [-0.15, -0.1) is 0 Å². The van der Waals surface area contributed by atoms with Gasteiger partial charge in [-0.05, 0) is 32.0 Å². The van der Waals surface area contributed by atoms with E-state index in [0.29, 0.717) is 5.76 Å². The van der Waals surface area contributed by atoms with Crippen LogP contribution in [0.4, 0.5) is 0 Å². The Labute approximate surface area is 115 Å². The molecule has 19 heavy (non-hydrogen) atoms. The highest BCUT2D eigenvalue weighted by molar-refractivity contribution is 5.92. The van der Waals surface area contributed by atoms with E-state index in [9.17, 15) is 4.79 Å². The summed E-state index contributed by atoms with van der Waals surface area (Å²) in [5, 5.41) is 0. The molecule has 0 aromatic carbocycles. The summed E-state index contributed by atoms with van der Waals surface area (Å²) in [5.41, 5.74) is 3.01. The topological polar surface area (TPSA) is 71.5 Å². The molecule has 108 valence electrons. The normalized spacial score (nSPS) is 10.9. The van der Waals surface area contributed by atoms with Crippen LogP contribution in [0.1, 0.15) is 55.6 Å². The molecule has 1 rings (SSSR count). The predicted octanol–water partition coefficient (Wildman–Crippen LogP) is 2.29. The van der Waals surface area contributed by atoms with Gasteiger partial charge in [-0.2, -0.15) is 0 Å². The summed E-state index contributed by atoms with van der Waals surface area (Å²) >= 11 is 0. The summed E-state index contributed by atoms with van der Waals surface area (Å²) < 4.78 is 5.21. The number of nitrogens with two attached hydrogens (primary N) is 1. The maximum atomic E-state index is 11.6. The highest BCUT2D eigenvalue weighted by atomic mass is 16.3. The molecule has 0 spiro atoms. The molecule has 0 unspecified atom stereocenters. The Morgan fingerprint density at radius 3 is 2.47 bits per heavy atom. The van der Waals surface area contributed by atoms with Gasteiger partial charge in [0.15, 0.2) is 5.76 Å². The lowest BCUT2D eigenvalue weighted by atomic mass is 10.2. The Morgan fingerprint density at radius 1 is 1.32 bits per heavy atom. The third-order valence-electron chi connectivity index (χ3n) is 3.13. The van der Waals surface area contributed by atoms with Crippen LogP contribution in [0.2, 0.25) is 0 Å². The molecular formula is C14H25N3O2. The fourth-order valence-corrected chi connectivity index (χ4v) is 2.00. The van der Waals surface area contributed by atoms with Crippen LogP contribution in [0, 0.1) is 0 Å². The van der Waals surface area contributed by atoms with Crippen molar-refractivity contribution in [1.82, 2.24) is 10.3 Å². The monoisotopic (exact) mass is 267 g/mol. The van der Waals surface area contributed by atoms with Crippen molar-refractivity contribution < 1.29 is 9.21 Å². The summed E-state index contributed by atoms with van der Waals surface area (Å²) in [5.74, 6) is 5.10. The van der Waals surface area contributed by atoms with Gasteiger partial charge in [-0.3, -0.25) is 15.1 Å². The Balaban J connectivity index is 2.66. The third-order valence-corrected chi connectivity index (χ3v) is 3.13. The fraction of sp³-hybridized carbons (Fsp3) is 0.643. The van der Waals surface area contributed by atoms with Gasteiger partial charge >= 0.3 is 5.91 Å². The van der Waals surface area contributed by atoms with Gasteiger partial charge in [0.05, 0.1) is 6.26 Å². The average molecular weight is 267 g/mol. The highest BCUT2D eigenvalue weighted by Gasteiger charge is 2.16. The first-order chi connectivity index (χ1) is 9.22. The number of rotatable bonds is 9. The Kier molecular flexibility index (Phi) is 7.22. The molecule has 0 saturated carbocycles. The Morgan fingerprint density at radius 2 is 1.95 bits per heavy atom. The lowest BCUT2D eigenvalue weighted by Gasteiger charge is -2.21. The minimum atomic E-state index is -0.370. The standard InChI is InChI=1S/C14H25N3O2/c1-3-5-8-17(9-6-4-2)11-12-7-10-19-13(12)14(18)16-15/h7,10H,3-6,8-9,11,15H2,1-2H3,(H,16,18). The van der Waals surface area contributed by atoms with Crippen LogP contribution in [0.3, 0.4) is 0 Å². The summed E-state index contributed by atoms with van der Waals surface area (Å²) in [6, 6.07) is 1.84. The molecule has 0 saturated heterocycles. The summed E-state index contributed by atoms with van der Waals surface area (Å²) in [4.78, 5) is 13.9. The third kappa shape index (κ3) is 5.04. The number of hydrogen-bond donors (Lipinski definition) is 2. The molecule has 0 atom stereocenters. The molecule has 5 heteroatoms. The van der Waals surface area contributed by atoms with Crippen LogP contribution < -0.4 is 11.3 Å². The van der Waals surface area contributed by atoms with Crippen molar-refractivity contribution in [2.24, 2.45) is 5.84 Å². The quantitative estimate of drug-likeness (QED) is 0.409. The minimum Gasteiger partial charge on any atom is -0.459 e. The van der Waals surface area contributed by atoms with E-state index in [4.69, 9.17) is 10.3 Å². The van der Waals surface area contributed by atoms with E-state index in [1.54, 1.807) is 0 Å². The van der Waals surface area contributed by atoms with Gasteiger partial charge in [0.1, 0.15) is 0 Å². The van der Waals surface area contributed by atoms with Crippen LogP contribution in [-0.2, 0) is 6.54 Å². The van der Waals surface area contributed by atoms with E-state index in [1.807, 2.05) is 6.07 Å². The highest BCUT2D eigenvalue weighted by Crippen LogP contribution is 2.14. The second-order valence-corrected chi connectivity index (χ2v) is 4.73. The van der Waals surface area contributed by atoms with E-state index in [-0.39, 0.29) is 5.91 Å². The molecule has 0 bridgehead atoms. The molecule has 5 nitrogen and oxygen atoms in total. The van der Waals surface area contributed by atoms with Crippen LogP contribution in [0.5, 0.6) is 0 Å². The smallest absolute Gasteiger partial charge is 0.301 e. The number of furan rings is 1. The molecule has 1 aromatic heterocycles. The maximum absolute atomic E-state index is 11.6. The zero-order valence-corrected chi connectivity index (χ0v) is 11.9. The van der Waals surface area contributed by atoms with Crippen LogP contribution in [0.25, 0.3) is 0 Å². The first kappa shape index (κ1) is 15.7. The Bertz CT molecular complexity index is 369. The average Bonchev–Trinajstić information content (AvgIpc) is 2.89. The largest absolute Gasteiger partial charge is 0.459 e. The number of unbranched alkanes of at least 4 members (excludes halogenated alkanes) is 2. The van der Waals surface area contributed by atoms with E-state index in [0.717, 1.165) is 25.2 Å². The molecule has 1 amide bonds. The summed E-state index contributed by atoms with van der Waals surface area (Å²) in [6.45, 7) is 7.20. The molecule has 0 aliphatic rings. The van der Waals surface area contributed by atoms with Crippen molar-refractivity contribution in [2.75, 3.05) is 13.1 Å². The molecule has 0 aliphatic carbocycles. The minimum absolute atomic E-state index is 0.320. The van der Waals surface area contributed by atoms with E-state index in [2.05, 4.69) is 24.2 Å². The van der Waals surface area contributed by atoms with Gasteiger partial charge in [-0.25, -0.2) is 5.84 Å². The zero-order chi connectivity index (χ0) is 14.1. The van der Waals surface area contributed by atoms with Gasteiger partial charge < -0.3 is 4.42 Å². The first-order valence-electron chi connectivity index (χ1n) is 7.02. The predicted molar refractivity (Wildman–Crippen MR) is 75.5 cm³/mol. The molecule has 1 heterocycles. The van der Waals surface area contributed by atoms with Crippen molar-refractivity contribution in [1.29, 1.82) is 0 Å². The van der Waals surface area contributed by atoms with Gasteiger partial charge in [0, 0.05) is 12.1 Å². The van der Waals surface area contributed by atoms with Crippen molar-refractivity contribution in [3.05, 3.63) is 23.7 Å². The Hall–Kier alpha value is -1.33. The van der Waals surface area contributed by atoms with E-state index < -0.39 is 0 Å². The number of nitrogen functional groups attached to an aromatic ring is 1. The van der Waals surface area contributed by atoms with Crippen LogP contribution in [-0.4, -0.2) is 23.9 Å². The number of hydrazine groups is 1. The molecule has 0 aliphatic heterocycles. The van der Waals surface area contributed by atoms with Crippen molar-refractivity contribution in [2.45, 2.75) is 46.1 Å². The fourth-order valence-electron chi connectivity index (χ4n) is 2.00. The van der Waals surface area contributed by atoms with Gasteiger partial charge in [-0.1, -0.05) is 26.7 Å². The second-order valence-electron chi connectivity index (χ2n) is 4.73. The van der Waals surface area contributed by atoms with Crippen LogP contribution >= 0.6 is 0 Å². The number of nitrogens with one attached hydrogen (secondary N) is 1. The van der Waals surface area contributed by atoms with Crippen molar-refractivity contribution in [3.8, 4) is 0 Å². The summed E-state index contributed by atoms with van der Waals surface area (Å²) in [6.07, 6.45) is 6.21. The number of carbonyl (C=O) groups excluding carboxylic acids is 1. The lowest BCUT2D eigenvalue weighted by molar-refractivity contribution is 0.0923. The number of nitrogens with zero attached hydrogens (tertiary/aromatic N) is 1. The van der Waals surface area contributed by atoms with Gasteiger partial charge in [0.2, 0.25) is 0 Å². The van der Waals surface area contributed by atoms with Crippen molar-refractivity contribution in [3.63, 3.8) is 0 Å². The van der Waals surface area contributed by atoms with Gasteiger partial charge in [0.25, 0.3) is 0 Å². The zero-order valence-electron chi connectivity index (χ0n) is 11.9. The molecule has 0 radical (unpaired) electrons. The number of carbonyl (C=O) groups is 1. The number of hydrogen-bond acceptors (Lipinski definition) is 4. The van der Waals surface area contributed by atoms with E-state index >= 15 is 0 Å². The molecule has 0 fully saturated rings. The molecule has 3 N–H and O–H groups in total. The van der Waals surface area contributed by atoms with E-state index in [1.165, 1.54) is 31.9 Å². The summed E-state index contributed by atoms with van der Waals surface area (Å²) in [7, 11) is 0. The second kappa shape index (κ2) is 8.72. The van der Waals surface area contributed by atoms with Crippen LogP contribution in [0.15, 0.2) is 16.7 Å². The SMILES string of the molecule is CCCCN(CCCC)Cc1ccoc1C(=O)NN. The van der Waals surface area contributed by atoms with Crippen molar-refractivity contribution >= 4 is 5.91 Å². The first-order valence-corrected chi connectivity index (χ1v) is 7.02.